The monoisotopic (exact) mass is 221 g/mol. The molecular weight excluding hydrogens is 202 g/mol. The SMILES string of the molecule is CC1CCCC(O)(CNc2cccnn2)C1. The van der Waals surface area contributed by atoms with Crippen molar-refractivity contribution in [1.29, 1.82) is 0 Å². The minimum atomic E-state index is -0.574. The highest BCUT2D eigenvalue weighted by Gasteiger charge is 2.32. The molecule has 1 saturated carbocycles. The first-order valence-corrected chi connectivity index (χ1v) is 5.92. The van der Waals surface area contributed by atoms with Gasteiger partial charge < -0.3 is 10.4 Å². The number of hydrogen-bond donors (Lipinski definition) is 2. The van der Waals surface area contributed by atoms with Gasteiger partial charge in [-0.25, -0.2) is 0 Å². The molecule has 2 unspecified atom stereocenters. The molecule has 1 aliphatic carbocycles. The molecule has 2 atom stereocenters. The highest BCUT2D eigenvalue weighted by molar-refractivity contribution is 5.32. The molecule has 1 aromatic rings. The van der Waals surface area contributed by atoms with E-state index in [1.807, 2.05) is 12.1 Å². The predicted molar refractivity (Wildman–Crippen MR) is 63.1 cm³/mol. The fourth-order valence-corrected chi connectivity index (χ4v) is 2.44. The van der Waals surface area contributed by atoms with E-state index in [9.17, 15) is 5.11 Å². The zero-order chi connectivity index (χ0) is 11.4. The molecule has 1 aliphatic rings. The van der Waals surface area contributed by atoms with Crippen molar-refractivity contribution in [3.05, 3.63) is 18.3 Å². The van der Waals surface area contributed by atoms with Crippen molar-refractivity contribution >= 4 is 5.82 Å². The molecule has 0 saturated heterocycles. The fourth-order valence-electron chi connectivity index (χ4n) is 2.44. The van der Waals surface area contributed by atoms with Crippen LogP contribution in [-0.2, 0) is 0 Å². The van der Waals surface area contributed by atoms with E-state index in [4.69, 9.17) is 0 Å². The fraction of sp³-hybridized carbons (Fsp3) is 0.667. The molecule has 2 rings (SSSR count). The van der Waals surface area contributed by atoms with Crippen LogP contribution in [0.15, 0.2) is 18.3 Å². The summed E-state index contributed by atoms with van der Waals surface area (Å²) in [6, 6.07) is 3.70. The van der Waals surface area contributed by atoms with Gasteiger partial charge in [0.1, 0.15) is 5.82 Å². The molecule has 0 aliphatic heterocycles. The van der Waals surface area contributed by atoms with Gasteiger partial charge in [-0.05, 0) is 30.9 Å². The number of nitrogens with zero attached hydrogens (tertiary/aromatic N) is 2. The third kappa shape index (κ3) is 2.92. The normalized spacial score (nSPS) is 30.0. The van der Waals surface area contributed by atoms with Gasteiger partial charge in [-0.15, -0.1) is 5.10 Å². The van der Waals surface area contributed by atoms with Crippen molar-refractivity contribution in [2.24, 2.45) is 5.92 Å². The van der Waals surface area contributed by atoms with E-state index >= 15 is 0 Å². The zero-order valence-corrected chi connectivity index (χ0v) is 9.69. The second kappa shape index (κ2) is 4.78. The average molecular weight is 221 g/mol. The van der Waals surface area contributed by atoms with Crippen molar-refractivity contribution in [2.45, 2.75) is 38.2 Å². The Hall–Kier alpha value is -1.16. The molecule has 0 spiro atoms. The highest BCUT2D eigenvalue weighted by atomic mass is 16.3. The second-order valence-corrected chi connectivity index (χ2v) is 4.89. The van der Waals surface area contributed by atoms with Crippen LogP contribution in [0.25, 0.3) is 0 Å². The molecule has 0 aromatic carbocycles. The van der Waals surface area contributed by atoms with E-state index in [1.165, 1.54) is 6.42 Å². The van der Waals surface area contributed by atoms with Crippen LogP contribution in [0.5, 0.6) is 0 Å². The summed E-state index contributed by atoms with van der Waals surface area (Å²) in [6.45, 7) is 2.77. The zero-order valence-electron chi connectivity index (χ0n) is 9.69. The lowest BCUT2D eigenvalue weighted by molar-refractivity contribution is -0.000836. The molecule has 0 radical (unpaired) electrons. The van der Waals surface area contributed by atoms with Gasteiger partial charge in [0.05, 0.1) is 5.60 Å². The van der Waals surface area contributed by atoms with Gasteiger partial charge in [0, 0.05) is 12.7 Å². The summed E-state index contributed by atoms with van der Waals surface area (Å²) in [4.78, 5) is 0. The first-order valence-electron chi connectivity index (χ1n) is 5.92. The minimum absolute atomic E-state index is 0.566. The Balaban J connectivity index is 1.89. The largest absolute Gasteiger partial charge is 0.388 e. The number of nitrogens with one attached hydrogen (secondary N) is 1. The van der Waals surface area contributed by atoms with Crippen molar-refractivity contribution in [2.75, 3.05) is 11.9 Å². The van der Waals surface area contributed by atoms with Crippen LogP contribution in [0, 0.1) is 5.92 Å². The first-order chi connectivity index (χ1) is 7.68. The standard InChI is InChI=1S/C12H19N3O/c1-10-4-2-6-12(16,8-10)9-13-11-5-3-7-14-15-11/h3,5,7,10,16H,2,4,6,8-9H2,1H3,(H,13,15). The molecule has 1 heterocycles. The van der Waals surface area contributed by atoms with Crippen LogP contribution in [-0.4, -0.2) is 27.4 Å². The van der Waals surface area contributed by atoms with Gasteiger partial charge in [-0.2, -0.15) is 5.10 Å². The molecule has 4 nitrogen and oxygen atoms in total. The molecule has 2 N–H and O–H groups in total. The predicted octanol–water partition coefficient (Wildman–Crippen LogP) is 1.83. The lowest BCUT2D eigenvalue weighted by Crippen LogP contribution is -2.41. The van der Waals surface area contributed by atoms with Crippen LogP contribution in [0.1, 0.15) is 32.6 Å². The number of hydrogen-bond acceptors (Lipinski definition) is 4. The van der Waals surface area contributed by atoms with E-state index < -0.39 is 5.60 Å². The quantitative estimate of drug-likeness (QED) is 0.817. The Morgan fingerprint density at radius 2 is 2.50 bits per heavy atom. The average Bonchev–Trinajstić information content (AvgIpc) is 2.28. The Morgan fingerprint density at radius 1 is 1.62 bits per heavy atom. The van der Waals surface area contributed by atoms with Gasteiger partial charge in [-0.1, -0.05) is 19.8 Å². The molecule has 1 aromatic heterocycles. The number of aliphatic hydroxyl groups is 1. The maximum Gasteiger partial charge on any atom is 0.148 e. The number of rotatable bonds is 3. The van der Waals surface area contributed by atoms with Gasteiger partial charge in [0.25, 0.3) is 0 Å². The summed E-state index contributed by atoms with van der Waals surface area (Å²) >= 11 is 0. The summed E-state index contributed by atoms with van der Waals surface area (Å²) in [7, 11) is 0. The van der Waals surface area contributed by atoms with Crippen LogP contribution >= 0.6 is 0 Å². The third-order valence-electron chi connectivity index (χ3n) is 3.24. The number of aromatic nitrogens is 2. The topological polar surface area (TPSA) is 58.0 Å². The van der Waals surface area contributed by atoms with E-state index in [0.29, 0.717) is 12.5 Å². The molecule has 0 bridgehead atoms. The highest BCUT2D eigenvalue weighted by Crippen LogP contribution is 2.32. The van der Waals surface area contributed by atoms with Crippen LogP contribution in [0.3, 0.4) is 0 Å². The minimum Gasteiger partial charge on any atom is -0.388 e. The summed E-state index contributed by atoms with van der Waals surface area (Å²) < 4.78 is 0. The Labute approximate surface area is 96.1 Å². The van der Waals surface area contributed by atoms with E-state index in [1.54, 1.807) is 6.20 Å². The first kappa shape index (κ1) is 11.3. The molecule has 88 valence electrons. The molecule has 16 heavy (non-hydrogen) atoms. The smallest absolute Gasteiger partial charge is 0.148 e. The van der Waals surface area contributed by atoms with Gasteiger partial charge in [0.2, 0.25) is 0 Å². The van der Waals surface area contributed by atoms with Crippen LogP contribution in [0.2, 0.25) is 0 Å². The number of anilines is 1. The van der Waals surface area contributed by atoms with Crippen molar-refractivity contribution in [3.63, 3.8) is 0 Å². The van der Waals surface area contributed by atoms with E-state index in [0.717, 1.165) is 25.1 Å². The molecule has 4 heteroatoms. The Kier molecular flexibility index (Phi) is 3.39. The maximum absolute atomic E-state index is 10.4. The maximum atomic E-state index is 10.4. The summed E-state index contributed by atoms with van der Waals surface area (Å²) in [5, 5.41) is 21.3. The van der Waals surface area contributed by atoms with Gasteiger partial charge >= 0.3 is 0 Å². The van der Waals surface area contributed by atoms with Crippen LogP contribution < -0.4 is 5.32 Å². The van der Waals surface area contributed by atoms with Crippen molar-refractivity contribution in [1.82, 2.24) is 10.2 Å². The van der Waals surface area contributed by atoms with Gasteiger partial charge in [-0.3, -0.25) is 0 Å². The van der Waals surface area contributed by atoms with E-state index in [-0.39, 0.29) is 0 Å². The molecule has 1 fully saturated rings. The Bertz CT molecular complexity index is 330. The molecule has 0 amide bonds. The summed E-state index contributed by atoms with van der Waals surface area (Å²) in [5.74, 6) is 1.34. The molecular formula is C12H19N3O. The van der Waals surface area contributed by atoms with Crippen LogP contribution in [0.4, 0.5) is 5.82 Å². The lowest BCUT2D eigenvalue weighted by atomic mass is 9.79. The van der Waals surface area contributed by atoms with E-state index in [2.05, 4.69) is 22.4 Å². The van der Waals surface area contributed by atoms with Gasteiger partial charge in [0.15, 0.2) is 0 Å². The lowest BCUT2D eigenvalue weighted by Gasteiger charge is -2.35. The Morgan fingerprint density at radius 3 is 3.19 bits per heavy atom. The second-order valence-electron chi connectivity index (χ2n) is 4.89. The van der Waals surface area contributed by atoms with Crippen molar-refractivity contribution < 1.29 is 5.11 Å². The summed E-state index contributed by atoms with van der Waals surface area (Å²) in [6.07, 6.45) is 5.74. The van der Waals surface area contributed by atoms with Crippen molar-refractivity contribution in [3.8, 4) is 0 Å². The third-order valence-corrected chi connectivity index (χ3v) is 3.24. The summed E-state index contributed by atoms with van der Waals surface area (Å²) in [5.41, 5.74) is -0.574.